The number of hydrogen-bond acceptors (Lipinski definition) is 0. The van der Waals surface area contributed by atoms with Gasteiger partial charge in [0.1, 0.15) is 0 Å². The zero-order chi connectivity index (χ0) is 16.1. The predicted octanol–water partition coefficient (Wildman–Crippen LogP) is -1.55. The third-order valence-corrected chi connectivity index (χ3v) is 4.47. The standard InChI is InChI=1S/C22H25.2ClH.Zr/c1-14(2)18-9-7-8-17-13-19(16-11-10-15(3)12-16)21(20(17)18)22(4,5)6;;;/h7-11H,12H2,1-6H3;2*1H;/q-1;;;+3/p-2. The van der Waals surface area contributed by atoms with Crippen LogP contribution in [0.5, 0.6) is 0 Å². The Hall–Kier alpha value is -0.357. The van der Waals surface area contributed by atoms with E-state index in [0.717, 1.165) is 6.42 Å². The third kappa shape index (κ3) is 4.68. The number of benzene rings is 1. The SMILES string of the molecule is CC1=CC=C(C2=[C-]c3cccc(=C(C)C)c3=C2C(C)(C)C)C1.[Cl-].[Cl-].[Zr+3]. The molecule has 0 N–H and O–H groups in total. The van der Waals surface area contributed by atoms with Crippen molar-refractivity contribution in [3.8, 4) is 0 Å². The largest absolute Gasteiger partial charge is 3.00 e. The molecule has 1 aromatic carbocycles. The second-order valence-corrected chi connectivity index (χ2v) is 7.73. The van der Waals surface area contributed by atoms with E-state index in [9.17, 15) is 0 Å². The van der Waals surface area contributed by atoms with Gasteiger partial charge < -0.3 is 24.8 Å². The molecule has 2 aliphatic carbocycles. The van der Waals surface area contributed by atoms with E-state index in [-0.39, 0.29) is 56.4 Å². The van der Waals surface area contributed by atoms with Gasteiger partial charge in [0.25, 0.3) is 0 Å². The fraction of sp³-hybridized carbons (Fsp3) is 0.364. The quantitative estimate of drug-likeness (QED) is 0.454. The van der Waals surface area contributed by atoms with Crippen molar-refractivity contribution in [3.05, 3.63) is 69.1 Å². The molecule has 25 heavy (non-hydrogen) atoms. The monoisotopic (exact) mass is 449 g/mol. The summed E-state index contributed by atoms with van der Waals surface area (Å²) in [5.74, 6) is 0. The molecule has 0 unspecified atom stereocenters. The van der Waals surface area contributed by atoms with Crippen LogP contribution in [0.15, 0.2) is 47.1 Å². The Bertz CT molecular complexity index is 858. The van der Waals surface area contributed by atoms with Crippen molar-refractivity contribution in [3.63, 3.8) is 0 Å². The molecule has 1 radical (unpaired) electrons. The van der Waals surface area contributed by atoms with Crippen LogP contribution in [0.25, 0.3) is 11.1 Å². The minimum atomic E-state index is 0. The first-order valence-corrected chi connectivity index (χ1v) is 8.11. The molecule has 1 aromatic rings. The summed E-state index contributed by atoms with van der Waals surface area (Å²) in [5.41, 5.74) is 8.36. The van der Waals surface area contributed by atoms with Gasteiger partial charge in [0.2, 0.25) is 0 Å². The van der Waals surface area contributed by atoms with Gasteiger partial charge in [-0.3, -0.25) is 0 Å². The second-order valence-electron chi connectivity index (χ2n) is 7.73. The van der Waals surface area contributed by atoms with E-state index in [0.29, 0.717) is 0 Å². The normalized spacial score (nSPS) is 15.1. The molecule has 2 aliphatic rings. The number of rotatable bonds is 1. The first-order valence-electron chi connectivity index (χ1n) is 8.11. The molecule has 0 heterocycles. The van der Waals surface area contributed by atoms with Crippen molar-refractivity contribution in [1.82, 2.24) is 0 Å². The van der Waals surface area contributed by atoms with Crippen LogP contribution in [0.1, 0.15) is 53.5 Å². The van der Waals surface area contributed by atoms with Gasteiger partial charge in [0.15, 0.2) is 0 Å². The Labute approximate surface area is 183 Å². The summed E-state index contributed by atoms with van der Waals surface area (Å²) < 4.78 is 0. The molecular weight excluding hydrogens is 426 g/mol. The maximum Gasteiger partial charge on any atom is 3.00 e. The molecule has 0 atom stereocenters. The summed E-state index contributed by atoms with van der Waals surface area (Å²) in [7, 11) is 0. The van der Waals surface area contributed by atoms with Crippen molar-refractivity contribution in [2.75, 3.05) is 0 Å². The Morgan fingerprint density at radius 1 is 1.04 bits per heavy atom. The summed E-state index contributed by atoms with van der Waals surface area (Å²) in [6.45, 7) is 13.6. The van der Waals surface area contributed by atoms with E-state index in [2.05, 4.69) is 78.0 Å². The van der Waals surface area contributed by atoms with Gasteiger partial charge in [-0.2, -0.15) is 0 Å². The molecule has 0 aliphatic heterocycles. The zero-order valence-electron chi connectivity index (χ0n) is 15.8. The number of hydrogen-bond donors (Lipinski definition) is 0. The van der Waals surface area contributed by atoms with Crippen LogP contribution >= 0.6 is 0 Å². The molecule has 131 valence electrons. The van der Waals surface area contributed by atoms with Gasteiger partial charge in [-0.15, -0.1) is 39.6 Å². The Balaban J connectivity index is 0.00000192. The Morgan fingerprint density at radius 3 is 2.16 bits per heavy atom. The third-order valence-electron chi connectivity index (χ3n) is 4.47. The van der Waals surface area contributed by atoms with Crippen molar-refractivity contribution in [1.29, 1.82) is 0 Å². The molecule has 0 amide bonds. The molecule has 0 fully saturated rings. The van der Waals surface area contributed by atoms with E-state index in [1.54, 1.807) is 0 Å². The second kappa shape index (κ2) is 9.03. The number of allylic oxidation sites excluding steroid dienone is 5. The van der Waals surface area contributed by atoms with Gasteiger partial charge in [-0.05, 0) is 32.6 Å². The van der Waals surface area contributed by atoms with E-state index in [4.69, 9.17) is 0 Å². The van der Waals surface area contributed by atoms with Crippen LogP contribution < -0.4 is 35.3 Å². The summed E-state index contributed by atoms with van der Waals surface area (Å²) in [4.78, 5) is 0. The first-order chi connectivity index (χ1) is 10.3. The molecular formula is C22H25Cl2Zr. The van der Waals surface area contributed by atoms with Crippen LogP contribution in [0.2, 0.25) is 0 Å². The van der Waals surface area contributed by atoms with Crippen LogP contribution in [-0.2, 0) is 26.2 Å². The van der Waals surface area contributed by atoms with Crippen LogP contribution in [0.4, 0.5) is 0 Å². The van der Waals surface area contributed by atoms with E-state index < -0.39 is 0 Å². The minimum absolute atomic E-state index is 0. The Kier molecular flexibility index (Phi) is 8.90. The van der Waals surface area contributed by atoms with Gasteiger partial charge >= 0.3 is 26.2 Å². The van der Waals surface area contributed by atoms with E-state index >= 15 is 0 Å². The van der Waals surface area contributed by atoms with Gasteiger partial charge in [0.05, 0.1) is 0 Å². The average Bonchev–Trinajstić information content (AvgIpc) is 3.00. The van der Waals surface area contributed by atoms with E-state index in [1.165, 1.54) is 43.9 Å². The van der Waals surface area contributed by atoms with Gasteiger partial charge in [-0.25, -0.2) is 0 Å². The van der Waals surface area contributed by atoms with Gasteiger partial charge in [-0.1, -0.05) is 61.4 Å². The fourth-order valence-electron chi connectivity index (χ4n) is 3.49. The van der Waals surface area contributed by atoms with Crippen molar-refractivity contribution < 1.29 is 51.0 Å². The smallest absolute Gasteiger partial charge is 1.00 e. The first kappa shape index (κ1) is 24.6. The van der Waals surface area contributed by atoms with Gasteiger partial charge in [0, 0.05) is 0 Å². The molecule has 0 aromatic heterocycles. The topological polar surface area (TPSA) is 0 Å². The molecule has 3 rings (SSSR count). The van der Waals surface area contributed by atoms with Crippen molar-refractivity contribution in [2.45, 2.75) is 48.0 Å². The molecule has 3 heteroatoms. The van der Waals surface area contributed by atoms with Crippen LogP contribution in [0, 0.1) is 11.5 Å². The minimum Gasteiger partial charge on any atom is -1.00 e. The molecule has 0 spiro atoms. The summed E-state index contributed by atoms with van der Waals surface area (Å²) in [6.07, 6.45) is 9.29. The van der Waals surface area contributed by atoms with Crippen molar-refractivity contribution >= 4 is 11.1 Å². The maximum atomic E-state index is 3.71. The molecule has 0 bridgehead atoms. The number of fused-ring (bicyclic) bond motifs is 1. The fourth-order valence-corrected chi connectivity index (χ4v) is 3.49. The summed E-state index contributed by atoms with van der Waals surface area (Å²) >= 11 is 0. The summed E-state index contributed by atoms with van der Waals surface area (Å²) in [5, 5.41) is 2.77. The Morgan fingerprint density at radius 2 is 1.68 bits per heavy atom. The maximum absolute atomic E-state index is 3.71. The zero-order valence-corrected chi connectivity index (χ0v) is 19.8. The van der Waals surface area contributed by atoms with E-state index in [1.807, 2.05) is 0 Å². The molecule has 0 saturated heterocycles. The molecule has 0 nitrogen and oxygen atoms in total. The average molecular weight is 452 g/mol. The molecule has 0 saturated carbocycles. The summed E-state index contributed by atoms with van der Waals surface area (Å²) in [6, 6.07) is 6.61. The number of halogens is 2. The van der Waals surface area contributed by atoms with Crippen LogP contribution in [-0.4, -0.2) is 0 Å². The van der Waals surface area contributed by atoms with Crippen molar-refractivity contribution in [2.24, 2.45) is 5.41 Å². The predicted molar refractivity (Wildman–Crippen MR) is 95.6 cm³/mol. The van der Waals surface area contributed by atoms with Crippen LogP contribution in [0.3, 0.4) is 0 Å².